The van der Waals surface area contributed by atoms with Crippen LogP contribution in [0.5, 0.6) is 0 Å². The van der Waals surface area contributed by atoms with Gasteiger partial charge in [0.25, 0.3) is 5.91 Å². The molecule has 0 aromatic heterocycles. The maximum absolute atomic E-state index is 12.2. The van der Waals surface area contributed by atoms with Gasteiger partial charge in [0.15, 0.2) is 6.04 Å². The quantitative estimate of drug-likeness (QED) is 0.844. The highest BCUT2D eigenvalue weighted by molar-refractivity contribution is 5.80. The Morgan fingerprint density at radius 3 is 1.73 bits per heavy atom. The maximum Gasteiger partial charge on any atom is 0.278 e. The average molecular weight is 297 g/mol. The van der Waals surface area contributed by atoms with Gasteiger partial charge in [-0.05, 0) is 20.8 Å². The number of amides is 1. The minimum atomic E-state index is -0.146. The maximum atomic E-state index is 12.2. The molecule has 2 aromatic rings. The molecule has 116 valence electrons. The third kappa shape index (κ3) is 4.43. The Kier molecular flexibility index (Phi) is 5.73. The highest BCUT2D eigenvalue weighted by atomic mass is 16.2. The number of carbonyl (C=O) groups excluding carboxylic acids is 1. The van der Waals surface area contributed by atoms with Gasteiger partial charge in [0.2, 0.25) is 0 Å². The Morgan fingerprint density at radius 1 is 0.864 bits per heavy atom. The van der Waals surface area contributed by atoms with E-state index in [1.165, 1.54) is 11.1 Å². The zero-order valence-electron chi connectivity index (χ0n) is 13.5. The summed E-state index contributed by atoms with van der Waals surface area (Å²) in [6.45, 7) is 5.92. The summed E-state index contributed by atoms with van der Waals surface area (Å²) in [7, 11) is 0. The van der Waals surface area contributed by atoms with E-state index in [0.717, 1.165) is 0 Å². The Bertz CT molecular complexity index is 541. The molecule has 0 aliphatic heterocycles. The predicted octanol–water partition coefficient (Wildman–Crippen LogP) is 2.25. The van der Waals surface area contributed by atoms with E-state index in [-0.39, 0.29) is 24.0 Å². The van der Waals surface area contributed by atoms with Gasteiger partial charge in [-0.15, -0.1) is 0 Å². The van der Waals surface area contributed by atoms with Crippen LogP contribution in [-0.2, 0) is 4.79 Å². The second kappa shape index (κ2) is 7.76. The fraction of sp³-hybridized carbons (Fsp3) is 0.316. The second-order valence-corrected chi connectivity index (χ2v) is 5.94. The Morgan fingerprint density at radius 2 is 1.32 bits per heavy atom. The van der Waals surface area contributed by atoms with E-state index in [1.807, 2.05) is 57.2 Å². The lowest BCUT2D eigenvalue weighted by atomic mass is 9.98. The largest absolute Gasteiger partial charge is 0.349 e. The summed E-state index contributed by atoms with van der Waals surface area (Å²) < 4.78 is 0. The van der Waals surface area contributed by atoms with Crippen molar-refractivity contribution < 1.29 is 10.1 Å². The van der Waals surface area contributed by atoms with Crippen LogP contribution in [0.15, 0.2) is 60.7 Å². The molecular weight excluding hydrogens is 272 g/mol. The summed E-state index contributed by atoms with van der Waals surface area (Å²) in [4.78, 5) is 12.2. The molecule has 0 radical (unpaired) electrons. The Labute approximate surface area is 132 Å². The Hall–Kier alpha value is -2.13. The summed E-state index contributed by atoms with van der Waals surface area (Å²) in [6, 6.07) is 20.8. The van der Waals surface area contributed by atoms with Gasteiger partial charge in [-0.25, -0.2) is 0 Å². The molecule has 0 aliphatic rings. The molecule has 3 N–H and O–H groups in total. The molecule has 0 saturated heterocycles. The molecule has 3 nitrogen and oxygen atoms in total. The van der Waals surface area contributed by atoms with E-state index < -0.39 is 0 Å². The van der Waals surface area contributed by atoms with Crippen molar-refractivity contribution in [2.45, 2.75) is 38.9 Å². The topological polar surface area (TPSA) is 45.7 Å². The average Bonchev–Trinajstić information content (AvgIpc) is 2.53. The van der Waals surface area contributed by atoms with Crippen molar-refractivity contribution >= 4 is 5.91 Å². The van der Waals surface area contributed by atoms with Crippen LogP contribution in [0.2, 0.25) is 0 Å². The summed E-state index contributed by atoms with van der Waals surface area (Å²) in [6.07, 6.45) is 0. The molecule has 2 aromatic carbocycles. The van der Waals surface area contributed by atoms with Gasteiger partial charge in [0.1, 0.15) is 6.04 Å². The van der Waals surface area contributed by atoms with E-state index >= 15 is 0 Å². The van der Waals surface area contributed by atoms with E-state index in [2.05, 4.69) is 34.9 Å². The molecule has 0 heterocycles. The van der Waals surface area contributed by atoms with Crippen LogP contribution >= 0.6 is 0 Å². The first-order valence-electron chi connectivity index (χ1n) is 7.83. The van der Waals surface area contributed by atoms with Crippen LogP contribution in [0, 0.1) is 0 Å². The Balaban J connectivity index is 2.21. The number of rotatable bonds is 6. The van der Waals surface area contributed by atoms with E-state index in [1.54, 1.807) is 0 Å². The van der Waals surface area contributed by atoms with Crippen LogP contribution in [0.3, 0.4) is 0 Å². The number of hydrogen-bond acceptors (Lipinski definition) is 1. The van der Waals surface area contributed by atoms with Crippen molar-refractivity contribution in [3.8, 4) is 0 Å². The summed E-state index contributed by atoms with van der Waals surface area (Å²) >= 11 is 0. The summed E-state index contributed by atoms with van der Waals surface area (Å²) in [5, 5.41) is 5.11. The molecule has 0 spiro atoms. The lowest BCUT2D eigenvalue weighted by molar-refractivity contribution is -0.704. The van der Waals surface area contributed by atoms with Crippen molar-refractivity contribution in [2.75, 3.05) is 0 Å². The van der Waals surface area contributed by atoms with Crippen molar-refractivity contribution in [1.29, 1.82) is 0 Å². The zero-order valence-corrected chi connectivity index (χ0v) is 13.5. The van der Waals surface area contributed by atoms with Gasteiger partial charge in [-0.2, -0.15) is 0 Å². The van der Waals surface area contributed by atoms with Crippen LogP contribution in [0.25, 0.3) is 0 Å². The van der Waals surface area contributed by atoms with Crippen molar-refractivity contribution in [2.24, 2.45) is 0 Å². The first-order chi connectivity index (χ1) is 10.6. The SMILES string of the molecule is CC(C)NC(=O)[C@@H](C)[NH2+]C(c1ccccc1)c1ccccc1. The molecule has 0 bridgehead atoms. The van der Waals surface area contributed by atoms with Crippen molar-refractivity contribution in [3.63, 3.8) is 0 Å². The van der Waals surface area contributed by atoms with E-state index in [4.69, 9.17) is 0 Å². The standard InChI is InChI=1S/C19H24N2O/c1-14(2)20-19(22)15(3)21-18(16-10-6-4-7-11-16)17-12-8-5-9-13-17/h4-15,18,21H,1-3H3,(H,20,22)/p+1/t15-/m1/s1. The molecule has 1 amide bonds. The molecule has 0 saturated carbocycles. The van der Waals surface area contributed by atoms with E-state index in [0.29, 0.717) is 0 Å². The predicted molar refractivity (Wildman–Crippen MR) is 89.4 cm³/mol. The number of nitrogens with two attached hydrogens (primary N) is 1. The molecule has 0 unspecified atom stereocenters. The number of benzene rings is 2. The molecule has 0 aliphatic carbocycles. The number of nitrogens with one attached hydrogen (secondary N) is 1. The van der Waals surface area contributed by atoms with Crippen LogP contribution in [-0.4, -0.2) is 18.0 Å². The van der Waals surface area contributed by atoms with Crippen LogP contribution < -0.4 is 10.6 Å². The highest BCUT2D eigenvalue weighted by Crippen LogP contribution is 2.17. The number of carbonyl (C=O) groups is 1. The fourth-order valence-electron chi connectivity index (χ4n) is 2.53. The molecule has 0 fully saturated rings. The van der Waals surface area contributed by atoms with Gasteiger partial charge in [-0.3, -0.25) is 4.79 Å². The summed E-state index contributed by atoms with van der Waals surface area (Å²) in [5.41, 5.74) is 2.41. The molecular formula is C19H25N2O+. The molecule has 22 heavy (non-hydrogen) atoms. The van der Waals surface area contributed by atoms with Crippen molar-refractivity contribution in [3.05, 3.63) is 71.8 Å². The molecule has 3 heteroatoms. The fourth-order valence-corrected chi connectivity index (χ4v) is 2.53. The molecule has 1 atom stereocenters. The number of hydrogen-bond donors (Lipinski definition) is 2. The first-order valence-corrected chi connectivity index (χ1v) is 7.83. The van der Waals surface area contributed by atoms with Crippen LogP contribution in [0.1, 0.15) is 37.9 Å². The highest BCUT2D eigenvalue weighted by Gasteiger charge is 2.24. The lowest BCUT2D eigenvalue weighted by Crippen LogP contribution is -2.92. The normalized spacial score (nSPS) is 12.4. The third-order valence-corrected chi connectivity index (χ3v) is 3.64. The smallest absolute Gasteiger partial charge is 0.278 e. The van der Waals surface area contributed by atoms with Crippen LogP contribution in [0.4, 0.5) is 0 Å². The molecule has 2 rings (SSSR count). The van der Waals surface area contributed by atoms with Gasteiger partial charge in [0.05, 0.1) is 0 Å². The van der Waals surface area contributed by atoms with Gasteiger partial charge in [-0.1, -0.05) is 60.7 Å². The van der Waals surface area contributed by atoms with Crippen molar-refractivity contribution in [1.82, 2.24) is 5.32 Å². The monoisotopic (exact) mass is 297 g/mol. The minimum Gasteiger partial charge on any atom is -0.349 e. The lowest BCUT2D eigenvalue weighted by Gasteiger charge is -2.21. The van der Waals surface area contributed by atoms with Gasteiger partial charge >= 0.3 is 0 Å². The second-order valence-electron chi connectivity index (χ2n) is 5.94. The zero-order chi connectivity index (χ0) is 15.9. The third-order valence-electron chi connectivity index (χ3n) is 3.64. The van der Waals surface area contributed by atoms with Gasteiger partial charge < -0.3 is 10.6 Å². The van der Waals surface area contributed by atoms with Gasteiger partial charge in [0, 0.05) is 17.2 Å². The minimum absolute atomic E-state index is 0.0758. The van der Waals surface area contributed by atoms with E-state index in [9.17, 15) is 4.79 Å². The first kappa shape index (κ1) is 16.2. The summed E-state index contributed by atoms with van der Waals surface area (Å²) in [5.74, 6) is 0.0758. The number of quaternary nitrogens is 1.